The van der Waals surface area contributed by atoms with E-state index in [2.05, 4.69) is 5.32 Å². The van der Waals surface area contributed by atoms with Crippen LogP contribution in [0.1, 0.15) is 20.3 Å². The zero-order valence-corrected chi connectivity index (χ0v) is 10.6. The second-order valence-electron chi connectivity index (χ2n) is 5.42. The molecule has 5 heteroatoms. The summed E-state index contributed by atoms with van der Waals surface area (Å²) in [5.74, 6) is 0.419. The summed E-state index contributed by atoms with van der Waals surface area (Å²) in [7, 11) is 0. The summed E-state index contributed by atoms with van der Waals surface area (Å²) in [4.78, 5) is 12.2. The van der Waals surface area contributed by atoms with Crippen molar-refractivity contribution in [1.82, 2.24) is 5.32 Å². The van der Waals surface area contributed by atoms with Gasteiger partial charge in [-0.05, 0) is 20.3 Å². The van der Waals surface area contributed by atoms with E-state index in [0.29, 0.717) is 19.1 Å². The number of carbonyl (C=O) groups is 1. The lowest BCUT2D eigenvalue weighted by molar-refractivity contribution is -0.131. The van der Waals surface area contributed by atoms with Crippen molar-refractivity contribution in [2.45, 2.75) is 32.4 Å². The predicted octanol–water partition coefficient (Wildman–Crippen LogP) is -0.109. The first kappa shape index (κ1) is 12.8. The minimum Gasteiger partial charge on any atom is -0.381 e. The van der Waals surface area contributed by atoms with Gasteiger partial charge in [-0.1, -0.05) is 0 Å². The van der Waals surface area contributed by atoms with Crippen LogP contribution < -0.4 is 11.1 Å². The van der Waals surface area contributed by atoms with E-state index in [1.807, 2.05) is 13.8 Å². The highest BCUT2D eigenvalue weighted by Crippen LogP contribution is 2.28. The number of carbonyl (C=O) groups excluding carboxylic acids is 1. The molecular weight excluding hydrogens is 220 g/mol. The Bertz CT molecular complexity index is 291. The standard InChI is InChI=1S/C12H22N2O3/c1-8(9-3-4-16-5-9)14-11(15)12(2)7-17-6-10(12)13/h8-10H,3-7,13H2,1-2H3,(H,14,15). The van der Waals surface area contributed by atoms with Crippen LogP contribution in [0.3, 0.4) is 0 Å². The molecule has 3 N–H and O–H groups in total. The molecule has 0 aliphatic carbocycles. The van der Waals surface area contributed by atoms with Crippen molar-refractivity contribution >= 4 is 5.91 Å². The lowest BCUT2D eigenvalue weighted by Gasteiger charge is -2.29. The van der Waals surface area contributed by atoms with E-state index in [0.717, 1.165) is 19.6 Å². The average Bonchev–Trinajstić information content (AvgIpc) is 2.90. The molecule has 0 spiro atoms. The highest BCUT2D eigenvalue weighted by Gasteiger charge is 2.45. The van der Waals surface area contributed by atoms with Crippen LogP contribution in [0.15, 0.2) is 0 Å². The lowest BCUT2D eigenvalue weighted by atomic mass is 9.84. The fourth-order valence-corrected chi connectivity index (χ4v) is 2.36. The van der Waals surface area contributed by atoms with Gasteiger partial charge in [0.2, 0.25) is 5.91 Å². The van der Waals surface area contributed by atoms with Gasteiger partial charge in [0, 0.05) is 24.6 Å². The van der Waals surface area contributed by atoms with Crippen molar-refractivity contribution in [3.63, 3.8) is 0 Å². The summed E-state index contributed by atoms with van der Waals surface area (Å²) in [5.41, 5.74) is 5.34. The molecule has 2 heterocycles. The topological polar surface area (TPSA) is 73.6 Å². The maximum Gasteiger partial charge on any atom is 0.230 e. The van der Waals surface area contributed by atoms with Crippen LogP contribution in [-0.4, -0.2) is 44.4 Å². The van der Waals surface area contributed by atoms with Gasteiger partial charge in [-0.25, -0.2) is 0 Å². The van der Waals surface area contributed by atoms with Gasteiger partial charge in [0.1, 0.15) is 0 Å². The van der Waals surface area contributed by atoms with E-state index in [1.54, 1.807) is 0 Å². The van der Waals surface area contributed by atoms with Crippen LogP contribution in [0.25, 0.3) is 0 Å². The van der Waals surface area contributed by atoms with Crippen molar-refractivity contribution in [2.24, 2.45) is 17.1 Å². The van der Waals surface area contributed by atoms with Crippen LogP contribution in [-0.2, 0) is 14.3 Å². The molecular formula is C12H22N2O3. The minimum atomic E-state index is -0.590. The molecule has 0 saturated carbocycles. The lowest BCUT2D eigenvalue weighted by Crippen LogP contribution is -2.53. The maximum atomic E-state index is 12.2. The normalized spacial score (nSPS) is 39.2. The zero-order chi connectivity index (χ0) is 12.5. The highest BCUT2D eigenvalue weighted by atomic mass is 16.5. The van der Waals surface area contributed by atoms with E-state index >= 15 is 0 Å². The smallest absolute Gasteiger partial charge is 0.230 e. The molecule has 2 fully saturated rings. The predicted molar refractivity (Wildman–Crippen MR) is 63.4 cm³/mol. The fourth-order valence-electron chi connectivity index (χ4n) is 2.36. The Hall–Kier alpha value is -0.650. The third kappa shape index (κ3) is 2.46. The van der Waals surface area contributed by atoms with Crippen LogP contribution in [0.4, 0.5) is 0 Å². The molecule has 0 aromatic carbocycles. The molecule has 2 aliphatic rings. The minimum absolute atomic E-state index is 0.00176. The summed E-state index contributed by atoms with van der Waals surface area (Å²) in [6, 6.07) is -0.0795. The van der Waals surface area contributed by atoms with Crippen molar-refractivity contribution in [1.29, 1.82) is 0 Å². The third-order valence-electron chi connectivity index (χ3n) is 4.07. The monoisotopic (exact) mass is 242 g/mol. The van der Waals surface area contributed by atoms with Crippen molar-refractivity contribution in [2.75, 3.05) is 26.4 Å². The molecule has 2 rings (SSSR count). The third-order valence-corrected chi connectivity index (χ3v) is 4.07. The van der Waals surface area contributed by atoms with Gasteiger partial charge in [0.05, 0.1) is 25.2 Å². The molecule has 0 radical (unpaired) electrons. The Morgan fingerprint density at radius 2 is 2.24 bits per heavy atom. The summed E-state index contributed by atoms with van der Waals surface area (Å²) >= 11 is 0. The second kappa shape index (κ2) is 4.92. The molecule has 2 saturated heterocycles. The van der Waals surface area contributed by atoms with E-state index < -0.39 is 5.41 Å². The fraction of sp³-hybridized carbons (Fsp3) is 0.917. The number of rotatable bonds is 3. The first-order chi connectivity index (χ1) is 8.04. The van der Waals surface area contributed by atoms with Crippen molar-refractivity contribution in [3.8, 4) is 0 Å². The molecule has 2 aliphatic heterocycles. The largest absolute Gasteiger partial charge is 0.381 e. The van der Waals surface area contributed by atoms with Crippen molar-refractivity contribution < 1.29 is 14.3 Å². The number of nitrogens with two attached hydrogens (primary N) is 1. The SMILES string of the molecule is CC(NC(=O)C1(C)COCC1N)C1CCOC1. The number of ether oxygens (including phenoxy) is 2. The van der Waals surface area contributed by atoms with E-state index in [9.17, 15) is 4.79 Å². The molecule has 5 nitrogen and oxygen atoms in total. The first-order valence-corrected chi connectivity index (χ1v) is 6.26. The number of nitrogens with one attached hydrogen (secondary N) is 1. The Morgan fingerprint density at radius 3 is 2.76 bits per heavy atom. The summed E-state index contributed by atoms with van der Waals surface area (Å²) in [6.07, 6.45) is 1.01. The van der Waals surface area contributed by atoms with Gasteiger partial charge in [-0.3, -0.25) is 4.79 Å². The highest BCUT2D eigenvalue weighted by molar-refractivity contribution is 5.83. The number of hydrogen-bond donors (Lipinski definition) is 2. The van der Waals surface area contributed by atoms with Crippen LogP contribution >= 0.6 is 0 Å². The van der Waals surface area contributed by atoms with Gasteiger partial charge < -0.3 is 20.5 Å². The molecule has 1 amide bonds. The van der Waals surface area contributed by atoms with Gasteiger partial charge in [-0.15, -0.1) is 0 Å². The molecule has 17 heavy (non-hydrogen) atoms. The molecule has 0 bridgehead atoms. The number of hydrogen-bond acceptors (Lipinski definition) is 4. The summed E-state index contributed by atoms with van der Waals surface area (Å²) < 4.78 is 10.6. The molecule has 98 valence electrons. The number of amides is 1. The quantitative estimate of drug-likeness (QED) is 0.724. The molecule has 0 aromatic heterocycles. The first-order valence-electron chi connectivity index (χ1n) is 6.26. The summed E-state index contributed by atoms with van der Waals surface area (Å²) in [5, 5.41) is 3.06. The Labute approximate surface area is 102 Å². The Balaban J connectivity index is 1.91. The molecule has 4 unspecified atom stereocenters. The van der Waals surface area contributed by atoms with Crippen molar-refractivity contribution in [3.05, 3.63) is 0 Å². The second-order valence-corrected chi connectivity index (χ2v) is 5.42. The van der Waals surface area contributed by atoms with Gasteiger partial charge in [0.25, 0.3) is 0 Å². The Kier molecular flexibility index (Phi) is 3.70. The van der Waals surface area contributed by atoms with E-state index in [4.69, 9.17) is 15.2 Å². The van der Waals surface area contributed by atoms with Crippen LogP contribution in [0.2, 0.25) is 0 Å². The average molecular weight is 242 g/mol. The van der Waals surface area contributed by atoms with Gasteiger partial charge in [0.15, 0.2) is 0 Å². The van der Waals surface area contributed by atoms with E-state index in [1.165, 1.54) is 0 Å². The Morgan fingerprint density at radius 1 is 1.47 bits per heavy atom. The van der Waals surface area contributed by atoms with Crippen LogP contribution in [0, 0.1) is 11.3 Å². The zero-order valence-electron chi connectivity index (χ0n) is 10.6. The molecule has 0 aromatic rings. The van der Waals surface area contributed by atoms with Crippen LogP contribution in [0.5, 0.6) is 0 Å². The summed E-state index contributed by atoms with van der Waals surface area (Å²) in [6.45, 7) is 6.31. The van der Waals surface area contributed by atoms with E-state index in [-0.39, 0.29) is 18.0 Å². The van der Waals surface area contributed by atoms with Gasteiger partial charge in [-0.2, -0.15) is 0 Å². The van der Waals surface area contributed by atoms with Gasteiger partial charge >= 0.3 is 0 Å². The molecule has 4 atom stereocenters. The maximum absolute atomic E-state index is 12.2.